The Morgan fingerprint density at radius 3 is 2.69 bits per heavy atom. The highest BCUT2D eigenvalue weighted by molar-refractivity contribution is 7.59. The molecule has 3 nitrogen and oxygen atoms in total. The van der Waals surface area contributed by atoms with Crippen molar-refractivity contribution in [3.05, 3.63) is 29.8 Å². The molecule has 74 valence electrons. The summed E-state index contributed by atoms with van der Waals surface area (Å²) in [5, 5.41) is 21.4. The smallest absolute Gasteiger partial charge is 0.115 e. The maximum atomic E-state index is 9.47. The molecule has 13 heavy (non-hydrogen) atoms. The Morgan fingerprint density at radius 1 is 1.46 bits per heavy atom. The van der Waals surface area contributed by atoms with E-state index < -0.39 is 6.10 Å². The number of benzene rings is 1. The normalized spacial score (nSPS) is 11.8. The topological polar surface area (TPSA) is 52.5 Å². The molecule has 3 N–H and O–H groups in total. The molecule has 0 radical (unpaired) electrons. The zero-order valence-electron chi connectivity index (χ0n) is 7.49. The first-order valence-electron chi connectivity index (χ1n) is 3.85. The Kier molecular flexibility index (Phi) is 5.53. The lowest BCUT2D eigenvalue weighted by molar-refractivity contribution is 0.177. The highest BCUT2D eigenvalue weighted by Crippen LogP contribution is 2.17. The van der Waals surface area contributed by atoms with E-state index in [1.165, 1.54) is 0 Å². The maximum absolute atomic E-state index is 9.47. The van der Waals surface area contributed by atoms with E-state index in [2.05, 4.69) is 5.32 Å². The summed E-state index contributed by atoms with van der Waals surface area (Å²) in [5.74, 6) is 0.183. The number of rotatable bonds is 3. The number of hydrogen-bond acceptors (Lipinski definition) is 3. The van der Waals surface area contributed by atoms with Gasteiger partial charge < -0.3 is 15.5 Å². The molecule has 0 aromatic heterocycles. The number of hydrogen-bond donors (Lipinski definition) is 3. The van der Waals surface area contributed by atoms with Crippen molar-refractivity contribution in [2.45, 2.75) is 6.10 Å². The average molecular weight is 201 g/mol. The van der Waals surface area contributed by atoms with Crippen LogP contribution in [-0.2, 0) is 0 Å². The van der Waals surface area contributed by atoms with Gasteiger partial charge in [-0.05, 0) is 24.7 Å². The van der Waals surface area contributed by atoms with Crippen molar-refractivity contribution in [3.63, 3.8) is 0 Å². The lowest BCUT2D eigenvalue weighted by Gasteiger charge is -2.09. The molecule has 0 amide bonds. The highest BCUT2D eigenvalue weighted by Gasteiger charge is 2.05. The highest BCUT2D eigenvalue weighted by atomic mass is 32.1. The lowest BCUT2D eigenvalue weighted by atomic mass is 10.1. The van der Waals surface area contributed by atoms with E-state index in [1.54, 1.807) is 31.3 Å². The minimum atomic E-state index is -0.554. The number of aliphatic hydroxyl groups excluding tert-OH is 1. The fourth-order valence-corrected chi connectivity index (χ4v) is 1.04. The average Bonchev–Trinajstić information content (AvgIpc) is 2.05. The molecule has 1 rings (SSSR count). The van der Waals surface area contributed by atoms with Crippen LogP contribution in [0.5, 0.6) is 5.75 Å². The van der Waals surface area contributed by atoms with Gasteiger partial charge in [0.2, 0.25) is 0 Å². The molecule has 0 spiro atoms. The number of phenolic OH excluding ortho intramolecular Hbond substituents is 1. The molecular weight excluding hydrogens is 186 g/mol. The van der Waals surface area contributed by atoms with Crippen LogP contribution in [0.15, 0.2) is 24.3 Å². The van der Waals surface area contributed by atoms with Gasteiger partial charge in [0.1, 0.15) is 5.75 Å². The van der Waals surface area contributed by atoms with Gasteiger partial charge in [-0.3, -0.25) is 0 Å². The first kappa shape index (κ1) is 12.3. The van der Waals surface area contributed by atoms with Gasteiger partial charge >= 0.3 is 0 Å². The molecule has 0 saturated carbocycles. The molecule has 1 aromatic carbocycles. The van der Waals surface area contributed by atoms with Crippen molar-refractivity contribution in [1.82, 2.24) is 5.32 Å². The molecule has 0 aliphatic rings. The largest absolute Gasteiger partial charge is 0.508 e. The molecule has 0 aliphatic heterocycles. The number of phenols is 1. The van der Waals surface area contributed by atoms with Crippen LogP contribution < -0.4 is 5.32 Å². The molecular formula is C9H15NO2S. The van der Waals surface area contributed by atoms with E-state index in [1.807, 2.05) is 0 Å². The third-order valence-electron chi connectivity index (χ3n) is 1.65. The zero-order chi connectivity index (χ0) is 8.97. The molecule has 1 atom stereocenters. The second kappa shape index (κ2) is 5.85. The van der Waals surface area contributed by atoms with Gasteiger partial charge in [0.15, 0.2) is 0 Å². The number of aliphatic hydroxyl groups is 1. The van der Waals surface area contributed by atoms with Crippen LogP contribution in [0, 0.1) is 0 Å². The maximum Gasteiger partial charge on any atom is 0.115 e. The van der Waals surface area contributed by atoms with Crippen LogP contribution in [-0.4, -0.2) is 23.8 Å². The Labute approximate surface area is 84.9 Å². The molecule has 4 heteroatoms. The first-order valence-corrected chi connectivity index (χ1v) is 3.85. The van der Waals surface area contributed by atoms with Crippen molar-refractivity contribution in [3.8, 4) is 5.75 Å². The molecule has 1 aromatic rings. The summed E-state index contributed by atoms with van der Waals surface area (Å²) in [7, 11) is 1.77. The van der Waals surface area contributed by atoms with Crippen molar-refractivity contribution in [2.75, 3.05) is 13.6 Å². The standard InChI is InChI=1S/C9H13NO2.H2S/c1-10-6-9(12)7-3-2-4-8(11)5-7;/h2-5,9-12H,6H2,1H3;1H2/t9-;/m1./s1. The fraction of sp³-hybridized carbons (Fsp3) is 0.333. The second-order valence-electron chi connectivity index (χ2n) is 2.67. The predicted octanol–water partition coefficient (Wildman–Crippen LogP) is 0.758. The Bertz CT molecular complexity index is 255. The van der Waals surface area contributed by atoms with E-state index in [0.29, 0.717) is 6.54 Å². The number of nitrogens with one attached hydrogen (secondary N) is 1. The molecule has 0 fully saturated rings. The molecule has 0 saturated heterocycles. The second-order valence-corrected chi connectivity index (χ2v) is 2.67. The van der Waals surface area contributed by atoms with Crippen LogP contribution >= 0.6 is 13.5 Å². The quantitative estimate of drug-likeness (QED) is 0.676. The predicted molar refractivity (Wildman–Crippen MR) is 57.4 cm³/mol. The van der Waals surface area contributed by atoms with E-state index in [4.69, 9.17) is 5.11 Å². The van der Waals surface area contributed by atoms with Gasteiger partial charge in [-0.25, -0.2) is 0 Å². The summed E-state index contributed by atoms with van der Waals surface area (Å²) < 4.78 is 0. The first-order chi connectivity index (χ1) is 5.74. The van der Waals surface area contributed by atoms with Gasteiger partial charge in [-0.1, -0.05) is 12.1 Å². The Morgan fingerprint density at radius 2 is 2.15 bits per heavy atom. The Hall–Kier alpha value is -0.710. The third kappa shape index (κ3) is 3.67. The summed E-state index contributed by atoms with van der Waals surface area (Å²) in [5.41, 5.74) is 0.726. The zero-order valence-corrected chi connectivity index (χ0v) is 8.49. The molecule has 0 aliphatic carbocycles. The summed E-state index contributed by atoms with van der Waals surface area (Å²) in [6.45, 7) is 0.490. The summed E-state index contributed by atoms with van der Waals surface area (Å²) in [4.78, 5) is 0. The minimum Gasteiger partial charge on any atom is -0.508 e. The lowest BCUT2D eigenvalue weighted by Crippen LogP contribution is -2.16. The summed E-state index contributed by atoms with van der Waals surface area (Å²) in [6.07, 6.45) is -0.554. The number of aromatic hydroxyl groups is 1. The van der Waals surface area contributed by atoms with Gasteiger partial charge in [0.05, 0.1) is 6.10 Å². The van der Waals surface area contributed by atoms with Gasteiger partial charge in [-0.2, -0.15) is 13.5 Å². The fourth-order valence-electron chi connectivity index (χ4n) is 1.04. The van der Waals surface area contributed by atoms with Crippen LogP contribution in [0.2, 0.25) is 0 Å². The van der Waals surface area contributed by atoms with Gasteiger partial charge in [0, 0.05) is 6.54 Å². The molecule has 0 heterocycles. The molecule has 0 unspecified atom stereocenters. The van der Waals surface area contributed by atoms with Crippen molar-refractivity contribution in [2.24, 2.45) is 0 Å². The van der Waals surface area contributed by atoms with Crippen LogP contribution in [0.3, 0.4) is 0 Å². The SMILES string of the molecule is CNC[C@@H](O)c1cccc(O)c1.S. The number of likely N-dealkylation sites (N-methyl/N-ethyl adjacent to an activating group) is 1. The molecule has 0 bridgehead atoms. The van der Waals surface area contributed by atoms with Crippen molar-refractivity contribution >= 4 is 13.5 Å². The van der Waals surface area contributed by atoms with E-state index in [-0.39, 0.29) is 19.2 Å². The van der Waals surface area contributed by atoms with Crippen molar-refractivity contribution < 1.29 is 10.2 Å². The minimum absolute atomic E-state index is 0. The van der Waals surface area contributed by atoms with Crippen LogP contribution in [0.1, 0.15) is 11.7 Å². The van der Waals surface area contributed by atoms with Gasteiger partial charge in [-0.15, -0.1) is 0 Å². The van der Waals surface area contributed by atoms with E-state index in [9.17, 15) is 5.11 Å². The van der Waals surface area contributed by atoms with Crippen LogP contribution in [0.4, 0.5) is 0 Å². The van der Waals surface area contributed by atoms with E-state index in [0.717, 1.165) is 5.56 Å². The van der Waals surface area contributed by atoms with Gasteiger partial charge in [0.25, 0.3) is 0 Å². The summed E-state index contributed by atoms with van der Waals surface area (Å²) in [6, 6.07) is 6.63. The Balaban J connectivity index is 0.00000144. The van der Waals surface area contributed by atoms with E-state index >= 15 is 0 Å². The monoisotopic (exact) mass is 201 g/mol. The van der Waals surface area contributed by atoms with Crippen LogP contribution in [0.25, 0.3) is 0 Å². The third-order valence-corrected chi connectivity index (χ3v) is 1.65. The summed E-state index contributed by atoms with van der Waals surface area (Å²) >= 11 is 0. The van der Waals surface area contributed by atoms with Crippen molar-refractivity contribution in [1.29, 1.82) is 0 Å².